The molecule has 0 fully saturated rings. The molecular weight excluding hydrogens is 286 g/mol. The van der Waals surface area contributed by atoms with Gasteiger partial charge in [-0.3, -0.25) is 4.90 Å². The van der Waals surface area contributed by atoms with Crippen LogP contribution in [0, 0.1) is 6.92 Å². The largest absolute Gasteiger partial charge is 0.452 e. The summed E-state index contributed by atoms with van der Waals surface area (Å²) in [6, 6.07) is 17.9. The topological polar surface area (TPSA) is 29.5 Å². The molecule has 0 saturated heterocycles. The van der Waals surface area contributed by atoms with Crippen LogP contribution < -0.4 is 0 Å². The average Bonchev–Trinajstić information content (AvgIpc) is 2.62. The molecule has 0 N–H and O–H groups in total. The van der Waals surface area contributed by atoms with Gasteiger partial charge in [0.05, 0.1) is 18.8 Å². The van der Waals surface area contributed by atoms with E-state index in [0.717, 1.165) is 16.8 Å². The first kappa shape index (κ1) is 15.1. The summed E-state index contributed by atoms with van der Waals surface area (Å²) >= 11 is 0. The zero-order valence-corrected chi connectivity index (χ0v) is 13.3. The summed E-state index contributed by atoms with van der Waals surface area (Å²) in [6.07, 6.45) is 5.58. The van der Waals surface area contributed by atoms with E-state index in [4.69, 9.17) is 4.74 Å². The van der Waals surface area contributed by atoms with E-state index in [2.05, 4.69) is 0 Å². The second-order valence-electron chi connectivity index (χ2n) is 5.50. The third-order valence-electron chi connectivity index (χ3n) is 3.94. The van der Waals surface area contributed by atoms with Crippen LogP contribution in [0.25, 0.3) is 5.70 Å². The van der Waals surface area contributed by atoms with Crippen LogP contribution in [0.3, 0.4) is 0 Å². The van der Waals surface area contributed by atoms with Crippen molar-refractivity contribution in [2.24, 2.45) is 0 Å². The Balaban J connectivity index is 2.04. The Hall–Kier alpha value is -2.81. The van der Waals surface area contributed by atoms with Gasteiger partial charge in [-0.25, -0.2) is 4.79 Å². The summed E-state index contributed by atoms with van der Waals surface area (Å²) in [7, 11) is 1.41. The molecule has 0 saturated carbocycles. The van der Waals surface area contributed by atoms with Crippen molar-refractivity contribution in [1.82, 2.24) is 4.90 Å². The maximum Gasteiger partial charge on any atom is 0.414 e. The molecule has 1 amide bonds. The number of hydrogen-bond donors (Lipinski definition) is 0. The van der Waals surface area contributed by atoms with Crippen LogP contribution >= 0.6 is 0 Å². The first-order valence-electron chi connectivity index (χ1n) is 7.58. The number of nitrogens with zero attached hydrogens (tertiary/aromatic N) is 1. The maximum atomic E-state index is 12.4. The van der Waals surface area contributed by atoms with E-state index in [0.29, 0.717) is 0 Å². The van der Waals surface area contributed by atoms with Gasteiger partial charge in [0.1, 0.15) is 0 Å². The number of hydrogen-bond acceptors (Lipinski definition) is 2. The second kappa shape index (κ2) is 6.53. The second-order valence-corrected chi connectivity index (χ2v) is 5.50. The number of benzene rings is 2. The van der Waals surface area contributed by atoms with Crippen molar-refractivity contribution in [1.29, 1.82) is 0 Å². The molecule has 116 valence electrons. The van der Waals surface area contributed by atoms with E-state index in [9.17, 15) is 4.79 Å². The number of methoxy groups -OCH3 is 1. The molecule has 1 aliphatic rings. The Kier molecular flexibility index (Phi) is 4.29. The molecule has 0 spiro atoms. The van der Waals surface area contributed by atoms with E-state index >= 15 is 0 Å². The van der Waals surface area contributed by atoms with Crippen molar-refractivity contribution in [3.8, 4) is 0 Å². The summed E-state index contributed by atoms with van der Waals surface area (Å²) in [5, 5.41) is 0. The van der Waals surface area contributed by atoms with Crippen LogP contribution in [0.4, 0.5) is 4.79 Å². The number of rotatable bonds is 2. The summed E-state index contributed by atoms with van der Waals surface area (Å²) < 4.78 is 5.03. The lowest BCUT2D eigenvalue weighted by molar-refractivity contribution is 0.135. The lowest BCUT2D eigenvalue weighted by Gasteiger charge is -2.33. The van der Waals surface area contributed by atoms with Gasteiger partial charge in [-0.05, 0) is 24.1 Å². The van der Waals surface area contributed by atoms with Gasteiger partial charge in [0, 0.05) is 0 Å². The molecule has 0 bridgehead atoms. The molecule has 23 heavy (non-hydrogen) atoms. The van der Waals surface area contributed by atoms with Crippen LogP contribution in [0.1, 0.15) is 22.7 Å². The van der Waals surface area contributed by atoms with Crippen LogP contribution in [-0.2, 0) is 4.74 Å². The third-order valence-corrected chi connectivity index (χ3v) is 3.94. The normalized spacial score (nSPS) is 16.9. The molecule has 0 radical (unpaired) electrons. The fourth-order valence-corrected chi connectivity index (χ4v) is 2.75. The summed E-state index contributed by atoms with van der Waals surface area (Å²) in [4.78, 5) is 14.1. The summed E-state index contributed by atoms with van der Waals surface area (Å²) in [6.45, 7) is 2.05. The maximum absolute atomic E-state index is 12.4. The number of ether oxygens (including phenoxy) is 1. The molecule has 0 aliphatic carbocycles. The Labute approximate surface area is 136 Å². The van der Waals surface area contributed by atoms with Gasteiger partial charge in [0.25, 0.3) is 0 Å². The Morgan fingerprint density at radius 3 is 2.39 bits per heavy atom. The Morgan fingerprint density at radius 2 is 1.74 bits per heavy atom. The van der Waals surface area contributed by atoms with Crippen LogP contribution in [-0.4, -0.2) is 18.1 Å². The third kappa shape index (κ3) is 3.04. The number of amides is 1. The first-order valence-corrected chi connectivity index (χ1v) is 7.58. The molecule has 0 aromatic heterocycles. The van der Waals surface area contributed by atoms with E-state index in [1.54, 1.807) is 4.90 Å². The highest BCUT2D eigenvalue weighted by Gasteiger charge is 2.29. The van der Waals surface area contributed by atoms with E-state index in [1.807, 2.05) is 79.7 Å². The Bertz CT molecular complexity index is 745. The van der Waals surface area contributed by atoms with Gasteiger partial charge in [-0.15, -0.1) is 0 Å². The zero-order valence-electron chi connectivity index (χ0n) is 13.3. The first-order chi connectivity index (χ1) is 11.2. The van der Waals surface area contributed by atoms with Crippen LogP contribution in [0.2, 0.25) is 0 Å². The predicted octanol–water partition coefficient (Wildman–Crippen LogP) is 4.72. The smallest absolute Gasteiger partial charge is 0.414 e. The molecule has 2 aromatic rings. The number of aryl methyl sites for hydroxylation is 1. The van der Waals surface area contributed by atoms with Gasteiger partial charge in [-0.2, -0.15) is 0 Å². The van der Waals surface area contributed by atoms with Gasteiger partial charge in [0.15, 0.2) is 0 Å². The lowest BCUT2D eigenvalue weighted by atomic mass is 9.98. The van der Waals surface area contributed by atoms with Crippen molar-refractivity contribution in [3.63, 3.8) is 0 Å². The van der Waals surface area contributed by atoms with Gasteiger partial charge in [0.2, 0.25) is 0 Å². The highest BCUT2D eigenvalue weighted by atomic mass is 16.5. The minimum Gasteiger partial charge on any atom is -0.452 e. The molecule has 1 unspecified atom stereocenters. The number of carbonyl (C=O) groups is 1. The number of carbonyl (C=O) groups excluding carboxylic acids is 1. The monoisotopic (exact) mass is 305 g/mol. The highest BCUT2D eigenvalue weighted by Crippen LogP contribution is 2.34. The Morgan fingerprint density at radius 1 is 1.04 bits per heavy atom. The minimum atomic E-state index is -0.366. The molecule has 1 heterocycles. The standard InChI is InChI=1S/C20H19NO2/c1-15-11-13-17(14-12-15)19-10-6-9-18(21(19)20(22)23-2)16-7-4-3-5-8-16/h3-14,18H,1-2H3. The molecule has 3 rings (SSSR count). The molecule has 1 atom stereocenters. The lowest BCUT2D eigenvalue weighted by Crippen LogP contribution is -2.33. The summed E-state index contributed by atoms with van der Waals surface area (Å²) in [5.74, 6) is 0. The fourth-order valence-electron chi connectivity index (χ4n) is 2.75. The highest BCUT2D eigenvalue weighted by molar-refractivity contribution is 5.84. The SMILES string of the molecule is COC(=O)N1C(c2ccc(C)cc2)=CC=CC1c1ccccc1. The molecule has 3 nitrogen and oxygen atoms in total. The van der Waals surface area contributed by atoms with Crippen molar-refractivity contribution in [3.05, 3.63) is 89.5 Å². The van der Waals surface area contributed by atoms with Crippen LogP contribution in [0.5, 0.6) is 0 Å². The van der Waals surface area contributed by atoms with E-state index in [1.165, 1.54) is 12.7 Å². The van der Waals surface area contributed by atoms with Crippen molar-refractivity contribution >= 4 is 11.8 Å². The number of allylic oxidation sites excluding steroid dienone is 2. The van der Waals surface area contributed by atoms with Gasteiger partial charge < -0.3 is 4.74 Å². The minimum absolute atomic E-state index is 0.176. The van der Waals surface area contributed by atoms with E-state index in [-0.39, 0.29) is 12.1 Å². The summed E-state index contributed by atoms with van der Waals surface area (Å²) in [5.41, 5.74) is 4.07. The molecular formula is C20H19NO2. The van der Waals surface area contributed by atoms with Crippen molar-refractivity contribution in [2.45, 2.75) is 13.0 Å². The van der Waals surface area contributed by atoms with Crippen molar-refractivity contribution < 1.29 is 9.53 Å². The predicted molar refractivity (Wildman–Crippen MR) is 91.7 cm³/mol. The van der Waals surface area contributed by atoms with Crippen LogP contribution in [0.15, 0.2) is 72.8 Å². The average molecular weight is 305 g/mol. The quantitative estimate of drug-likeness (QED) is 0.803. The molecule has 1 aliphatic heterocycles. The van der Waals surface area contributed by atoms with Gasteiger partial charge >= 0.3 is 6.09 Å². The zero-order chi connectivity index (χ0) is 16.2. The molecule has 3 heteroatoms. The fraction of sp³-hybridized carbons (Fsp3) is 0.150. The van der Waals surface area contributed by atoms with Crippen molar-refractivity contribution in [2.75, 3.05) is 7.11 Å². The van der Waals surface area contributed by atoms with E-state index < -0.39 is 0 Å². The molecule has 2 aromatic carbocycles. The van der Waals surface area contributed by atoms with Gasteiger partial charge in [-0.1, -0.05) is 72.3 Å².